The van der Waals surface area contributed by atoms with Crippen molar-refractivity contribution in [2.45, 2.75) is 27.7 Å². The minimum Gasteiger partial charge on any atom is -0.478 e. The molecule has 0 spiro atoms. The van der Waals surface area contributed by atoms with Crippen molar-refractivity contribution in [2.75, 3.05) is 5.32 Å². The van der Waals surface area contributed by atoms with Crippen molar-refractivity contribution in [2.24, 2.45) is 0 Å². The molecule has 0 unspecified atom stereocenters. The fraction of sp³-hybridized carbons (Fsp3) is 0.250. The highest BCUT2D eigenvalue weighted by Crippen LogP contribution is 2.21. The van der Waals surface area contributed by atoms with E-state index < -0.39 is 17.4 Å². The van der Waals surface area contributed by atoms with Crippen LogP contribution in [0.15, 0.2) is 16.9 Å². The normalized spacial score (nSPS) is 10.4. The van der Waals surface area contributed by atoms with Gasteiger partial charge in [0.15, 0.2) is 0 Å². The summed E-state index contributed by atoms with van der Waals surface area (Å²) < 4.78 is 0. The second-order valence-electron chi connectivity index (χ2n) is 5.38. The summed E-state index contributed by atoms with van der Waals surface area (Å²) >= 11 is 0. The van der Waals surface area contributed by atoms with Gasteiger partial charge in [-0.15, -0.1) is 0 Å². The molecular formula is C16H17N3O4. The van der Waals surface area contributed by atoms with Crippen molar-refractivity contribution < 1.29 is 14.7 Å². The van der Waals surface area contributed by atoms with Crippen LogP contribution in [0.25, 0.3) is 0 Å². The number of aromatic carboxylic acids is 1. The molecule has 0 radical (unpaired) electrons. The van der Waals surface area contributed by atoms with E-state index >= 15 is 0 Å². The van der Waals surface area contributed by atoms with Gasteiger partial charge in [0, 0.05) is 5.69 Å². The molecule has 0 atom stereocenters. The van der Waals surface area contributed by atoms with Gasteiger partial charge in [-0.2, -0.15) is 5.10 Å². The second kappa shape index (κ2) is 6.04. The number of carboxylic acid groups (broad SMARTS) is 1. The van der Waals surface area contributed by atoms with Gasteiger partial charge in [0.25, 0.3) is 11.5 Å². The van der Waals surface area contributed by atoms with E-state index in [-0.39, 0.29) is 11.1 Å². The van der Waals surface area contributed by atoms with Crippen LogP contribution in [0.2, 0.25) is 0 Å². The summed E-state index contributed by atoms with van der Waals surface area (Å²) in [6.07, 6.45) is 0. The van der Waals surface area contributed by atoms with Gasteiger partial charge in [0.2, 0.25) is 0 Å². The molecule has 23 heavy (non-hydrogen) atoms. The van der Waals surface area contributed by atoms with Crippen LogP contribution in [-0.4, -0.2) is 27.2 Å². The number of anilines is 1. The number of hydrogen-bond acceptors (Lipinski definition) is 4. The minimum absolute atomic E-state index is 0.0330. The molecule has 3 N–H and O–H groups in total. The number of aryl methyl sites for hydroxylation is 3. The average Bonchev–Trinajstić information content (AvgIpc) is 2.46. The number of benzene rings is 1. The average molecular weight is 315 g/mol. The molecule has 0 aliphatic rings. The first-order chi connectivity index (χ1) is 10.7. The van der Waals surface area contributed by atoms with Crippen molar-refractivity contribution in [3.05, 3.63) is 56.0 Å². The number of amides is 1. The van der Waals surface area contributed by atoms with Crippen LogP contribution in [0.4, 0.5) is 5.69 Å². The summed E-state index contributed by atoms with van der Waals surface area (Å²) in [6.45, 7) is 6.76. The molecule has 0 aliphatic heterocycles. The highest BCUT2D eigenvalue weighted by atomic mass is 16.4. The van der Waals surface area contributed by atoms with Gasteiger partial charge < -0.3 is 10.4 Å². The molecule has 1 amide bonds. The van der Waals surface area contributed by atoms with E-state index in [0.29, 0.717) is 28.1 Å². The number of aromatic nitrogens is 2. The summed E-state index contributed by atoms with van der Waals surface area (Å²) in [7, 11) is 0. The van der Waals surface area contributed by atoms with E-state index in [1.807, 2.05) is 0 Å². The first-order valence-corrected chi connectivity index (χ1v) is 6.94. The molecule has 7 nitrogen and oxygen atoms in total. The second-order valence-corrected chi connectivity index (χ2v) is 5.38. The van der Waals surface area contributed by atoms with Crippen LogP contribution < -0.4 is 10.9 Å². The number of nitrogens with one attached hydrogen (secondary N) is 2. The van der Waals surface area contributed by atoms with E-state index in [9.17, 15) is 19.5 Å². The van der Waals surface area contributed by atoms with Gasteiger partial charge in [-0.05, 0) is 50.5 Å². The van der Waals surface area contributed by atoms with E-state index in [1.165, 1.54) is 6.07 Å². The first-order valence-electron chi connectivity index (χ1n) is 6.94. The Balaban J connectivity index is 2.46. The molecule has 1 aromatic carbocycles. The van der Waals surface area contributed by atoms with E-state index in [2.05, 4.69) is 15.5 Å². The van der Waals surface area contributed by atoms with Gasteiger partial charge in [-0.25, -0.2) is 9.89 Å². The molecule has 0 bridgehead atoms. The van der Waals surface area contributed by atoms with Gasteiger partial charge in [0.05, 0.1) is 11.3 Å². The lowest BCUT2D eigenvalue weighted by molar-refractivity contribution is 0.0695. The monoisotopic (exact) mass is 315 g/mol. The maximum Gasteiger partial charge on any atom is 0.336 e. The maximum absolute atomic E-state index is 12.4. The van der Waals surface area contributed by atoms with Crippen LogP contribution in [0.3, 0.4) is 0 Å². The Hall–Kier alpha value is -2.96. The molecule has 120 valence electrons. The molecule has 2 rings (SSSR count). The van der Waals surface area contributed by atoms with Crippen LogP contribution in [0.1, 0.15) is 43.1 Å². The Labute approximate surface area is 132 Å². The molecule has 2 aromatic rings. The zero-order chi connectivity index (χ0) is 17.3. The predicted octanol–water partition coefficient (Wildman–Crippen LogP) is 1.95. The third-order valence-electron chi connectivity index (χ3n) is 3.75. The van der Waals surface area contributed by atoms with E-state index in [0.717, 1.165) is 0 Å². The Morgan fingerprint density at radius 2 is 1.78 bits per heavy atom. The smallest absolute Gasteiger partial charge is 0.336 e. The predicted molar refractivity (Wildman–Crippen MR) is 85.2 cm³/mol. The lowest BCUT2D eigenvalue weighted by Crippen LogP contribution is -2.26. The maximum atomic E-state index is 12.4. The number of aromatic amines is 1. The highest BCUT2D eigenvalue weighted by Gasteiger charge is 2.18. The standard InChI is InChI=1S/C16H17N3O4/c1-7-5-8(2)12(6-11(7)16(22)23)17-14(20)13-9(3)10(4)18-19-15(13)21/h5-6H,1-4H3,(H,17,20)(H,19,21)(H,22,23). The number of carbonyl (C=O) groups excluding carboxylic acids is 1. The van der Waals surface area contributed by atoms with Crippen molar-refractivity contribution in [3.8, 4) is 0 Å². The van der Waals surface area contributed by atoms with Crippen LogP contribution in [0.5, 0.6) is 0 Å². The Morgan fingerprint density at radius 3 is 2.39 bits per heavy atom. The molecule has 0 fully saturated rings. The summed E-state index contributed by atoms with van der Waals surface area (Å²) in [5.41, 5.74) is 2.16. The van der Waals surface area contributed by atoms with Gasteiger partial charge >= 0.3 is 5.97 Å². The van der Waals surface area contributed by atoms with Crippen molar-refractivity contribution >= 4 is 17.6 Å². The number of carboxylic acids is 1. The lowest BCUT2D eigenvalue weighted by Gasteiger charge is -2.12. The van der Waals surface area contributed by atoms with Crippen molar-refractivity contribution in [1.29, 1.82) is 0 Å². The fourth-order valence-electron chi connectivity index (χ4n) is 2.30. The molecule has 0 saturated heterocycles. The molecule has 7 heteroatoms. The zero-order valence-electron chi connectivity index (χ0n) is 13.3. The largest absolute Gasteiger partial charge is 0.478 e. The number of rotatable bonds is 3. The van der Waals surface area contributed by atoms with Gasteiger partial charge in [0.1, 0.15) is 5.56 Å². The summed E-state index contributed by atoms with van der Waals surface area (Å²) in [5.74, 6) is -1.68. The summed E-state index contributed by atoms with van der Waals surface area (Å²) in [6, 6.07) is 3.07. The Bertz CT molecular complexity index is 868. The molecule has 1 heterocycles. The number of H-pyrrole nitrogens is 1. The lowest BCUT2D eigenvalue weighted by atomic mass is 10.0. The topological polar surface area (TPSA) is 112 Å². The SMILES string of the molecule is Cc1cc(C)c(C(=O)O)cc1NC(=O)c1c(C)c(C)n[nH]c1=O. The number of carbonyl (C=O) groups is 2. The molecule has 0 saturated carbocycles. The first kappa shape index (κ1) is 16.4. The van der Waals surface area contributed by atoms with Gasteiger partial charge in [-0.1, -0.05) is 6.07 Å². The summed E-state index contributed by atoms with van der Waals surface area (Å²) in [4.78, 5) is 35.5. The van der Waals surface area contributed by atoms with Crippen LogP contribution in [0, 0.1) is 27.7 Å². The minimum atomic E-state index is -1.08. The van der Waals surface area contributed by atoms with Crippen LogP contribution in [-0.2, 0) is 0 Å². The Morgan fingerprint density at radius 1 is 1.13 bits per heavy atom. The van der Waals surface area contributed by atoms with Crippen molar-refractivity contribution in [1.82, 2.24) is 10.2 Å². The fourth-order valence-corrected chi connectivity index (χ4v) is 2.30. The van der Waals surface area contributed by atoms with Gasteiger partial charge in [-0.3, -0.25) is 9.59 Å². The Kier molecular flexibility index (Phi) is 4.31. The zero-order valence-corrected chi connectivity index (χ0v) is 13.3. The molecular weight excluding hydrogens is 298 g/mol. The summed E-state index contributed by atoms with van der Waals surface area (Å²) in [5, 5.41) is 17.9. The molecule has 0 aliphatic carbocycles. The van der Waals surface area contributed by atoms with Crippen LogP contribution >= 0.6 is 0 Å². The number of nitrogens with zero attached hydrogens (tertiary/aromatic N) is 1. The third kappa shape index (κ3) is 3.13. The highest BCUT2D eigenvalue weighted by molar-refractivity contribution is 6.06. The van der Waals surface area contributed by atoms with E-state index in [4.69, 9.17) is 0 Å². The van der Waals surface area contributed by atoms with Crippen molar-refractivity contribution in [3.63, 3.8) is 0 Å². The molecule has 1 aromatic heterocycles. The van der Waals surface area contributed by atoms with E-state index in [1.54, 1.807) is 33.8 Å². The number of hydrogen-bond donors (Lipinski definition) is 3. The quantitative estimate of drug-likeness (QED) is 0.801. The third-order valence-corrected chi connectivity index (χ3v) is 3.75.